The molecule has 9 heteroatoms. The lowest BCUT2D eigenvalue weighted by Gasteiger charge is -2.12. The van der Waals surface area contributed by atoms with E-state index >= 15 is 0 Å². The maximum atomic E-state index is 13.9. The summed E-state index contributed by atoms with van der Waals surface area (Å²) in [5.74, 6) is 1.20. The average molecular weight is 476 g/mol. The Morgan fingerprint density at radius 1 is 0.941 bits per heavy atom. The number of thiazole rings is 1. The predicted octanol–water partition coefficient (Wildman–Crippen LogP) is 6.05. The molecule has 0 saturated heterocycles. The van der Waals surface area contributed by atoms with Crippen LogP contribution >= 0.6 is 11.3 Å². The van der Waals surface area contributed by atoms with Crippen LogP contribution in [0.5, 0.6) is 23.0 Å². The summed E-state index contributed by atoms with van der Waals surface area (Å²) in [6, 6.07) is 16.6. The number of pyridine rings is 1. The fourth-order valence-electron chi connectivity index (χ4n) is 3.50. The Balaban J connectivity index is 1.43. The second-order valence-electron chi connectivity index (χ2n) is 7.22. The fourth-order valence-corrected chi connectivity index (χ4v) is 4.38. The quantitative estimate of drug-likeness (QED) is 0.322. The molecule has 3 aromatic carbocycles. The van der Waals surface area contributed by atoms with E-state index in [1.807, 2.05) is 12.1 Å². The summed E-state index contributed by atoms with van der Waals surface area (Å²) < 4.78 is 31.6. The monoisotopic (exact) mass is 475 g/mol. The summed E-state index contributed by atoms with van der Waals surface area (Å²) in [4.78, 5) is 21.2. The van der Waals surface area contributed by atoms with Crippen molar-refractivity contribution < 1.29 is 23.4 Å². The van der Waals surface area contributed by atoms with Crippen molar-refractivity contribution in [3.05, 3.63) is 78.2 Å². The highest BCUT2D eigenvalue weighted by Gasteiger charge is 2.15. The third kappa shape index (κ3) is 4.08. The minimum absolute atomic E-state index is 0.0394. The van der Waals surface area contributed by atoms with Crippen molar-refractivity contribution in [3.63, 3.8) is 0 Å². The standard InChI is InChI=1S/C25H18FN3O4S/c1-31-21-12-16-19(13-22(21)32-2)27-10-9-20(16)33-14-7-8-18-23(11-14)34-25(28-18)29-24(30)15-5-3-4-6-17(15)26/h3-13H,1-2H3,(H,28,29,30). The van der Waals surface area contributed by atoms with Crippen LogP contribution in [0.25, 0.3) is 21.1 Å². The maximum Gasteiger partial charge on any atom is 0.260 e. The zero-order chi connectivity index (χ0) is 23.7. The topological polar surface area (TPSA) is 82.6 Å². The van der Waals surface area contributed by atoms with Crippen molar-refractivity contribution in [1.82, 2.24) is 9.97 Å². The highest BCUT2D eigenvalue weighted by atomic mass is 32.1. The fraction of sp³-hybridized carbons (Fsp3) is 0.0800. The Kier molecular flexibility index (Phi) is 5.69. The molecule has 1 amide bonds. The molecule has 0 saturated carbocycles. The van der Waals surface area contributed by atoms with Crippen LogP contribution in [0.3, 0.4) is 0 Å². The summed E-state index contributed by atoms with van der Waals surface area (Å²) in [7, 11) is 3.14. The van der Waals surface area contributed by atoms with E-state index in [2.05, 4.69) is 15.3 Å². The highest BCUT2D eigenvalue weighted by Crippen LogP contribution is 2.38. The minimum Gasteiger partial charge on any atom is -0.493 e. The molecule has 34 heavy (non-hydrogen) atoms. The van der Waals surface area contributed by atoms with Crippen LogP contribution < -0.4 is 19.5 Å². The molecule has 5 rings (SSSR count). The van der Waals surface area contributed by atoms with Gasteiger partial charge in [-0.05, 0) is 36.4 Å². The predicted molar refractivity (Wildman–Crippen MR) is 129 cm³/mol. The third-order valence-corrected chi connectivity index (χ3v) is 6.07. The second-order valence-corrected chi connectivity index (χ2v) is 8.25. The van der Waals surface area contributed by atoms with Crippen LogP contribution in [0.4, 0.5) is 9.52 Å². The molecular formula is C25H18FN3O4S. The molecule has 2 heterocycles. The zero-order valence-corrected chi connectivity index (χ0v) is 19.0. The van der Waals surface area contributed by atoms with Crippen LogP contribution in [-0.4, -0.2) is 30.1 Å². The molecule has 0 spiro atoms. The first-order valence-electron chi connectivity index (χ1n) is 10.2. The number of fused-ring (bicyclic) bond motifs is 2. The number of methoxy groups -OCH3 is 2. The molecule has 0 fully saturated rings. The molecule has 0 bridgehead atoms. The van der Waals surface area contributed by atoms with E-state index in [1.54, 1.807) is 50.7 Å². The molecular weight excluding hydrogens is 457 g/mol. The molecule has 5 aromatic rings. The molecule has 7 nitrogen and oxygen atoms in total. The summed E-state index contributed by atoms with van der Waals surface area (Å²) in [6.45, 7) is 0. The largest absolute Gasteiger partial charge is 0.493 e. The number of carbonyl (C=O) groups is 1. The molecule has 0 unspecified atom stereocenters. The van der Waals surface area contributed by atoms with Crippen molar-refractivity contribution in [3.8, 4) is 23.0 Å². The number of benzene rings is 3. The van der Waals surface area contributed by atoms with Gasteiger partial charge in [-0.3, -0.25) is 15.1 Å². The number of amides is 1. The molecule has 0 radical (unpaired) electrons. The zero-order valence-electron chi connectivity index (χ0n) is 18.2. The van der Waals surface area contributed by atoms with Gasteiger partial charge in [-0.1, -0.05) is 23.5 Å². The van der Waals surface area contributed by atoms with Crippen molar-refractivity contribution >= 4 is 43.5 Å². The molecule has 0 aliphatic heterocycles. The number of hydrogen-bond donors (Lipinski definition) is 1. The van der Waals surface area contributed by atoms with Gasteiger partial charge in [0, 0.05) is 23.7 Å². The lowest BCUT2D eigenvalue weighted by molar-refractivity contribution is 0.102. The Morgan fingerprint density at radius 2 is 1.74 bits per heavy atom. The number of nitrogens with one attached hydrogen (secondary N) is 1. The first-order valence-corrected chi connectivity index (χ1v) is 11.0. The van der Waals surface area contributed by atoms with Crippen LogP contribution in [0.2, 0.25) is 0 Å². The van der Waals surface area contributed by atoms with Gasteiger partial charge >= 0.3 is 0 Å². The third-order valence-electron chi connectivity index (χ3n) is 5.13. The Bertz CT molecular complexity index is 1540. The Morgan fingerprint density at radius 3 is 2.53 bits per heavy atom. The van der Waals surface area contributed by atoms with Gasteiger partial charge < -0.3 is 14.2 Å². The minimum atomic E-state index is -0.587. The van der Waals surface area contributed by atoms with Gasteiger partial charge in [0.05, 0.1) is 35.5 Å². The smallest absolute Gasteiger partial charge is 0.260 e. The molecule has 2 aromatic heterocycles. The van der Waals surface area contributed by atoms with Gasteiger partial charge in [-0.25, -0.2) is 9.37 Å². The van der Waals surface area contributed by atoms with E-state index in [0.717, 1.165) is 10.1 Å². The van der Waals surface area contributed by atoms with Gasteiger partial charge in [0.15, 0.2) is 16.6 Å². The van der Waals surface area contributed by atoms with Crippen LogP contribution in [0.1, 0.15) is 10.4 Å². The van der Waals surface area contributed by atoms with Crippen molar-refractivity contribution in [1.29, 1.82) is 0 Å². The van der Waals surface area contributed by atoms with Crippen molar-refractivity contribution in [2.24, 2.45) is 0 Å². The van der Waals surface area contributed by atoms with E-state index < -0.39 is 11.7 Å². The van der Waals surface area contributed by atoms with Crippen LogP contribution in [-0.2, 0) is 0 Å². The summed E-state index contributed by atoms with van der Waals surface area (Å²) in [5.41, 5.74) is 1.35. The molecule has 170 valence electrons. The van der Waals surface area contributed by atoms with E-state index in [1.165, 1.54) is 29.5 Å². The van der Waals surface area contributed by atoms with E-state index in [-0.39, 0.29) is 5.56 Å². The lowest BCUT2D eigenvalue weighted by atomic mass is 10.2. The second kappa shape index (κ2) is 8.95. The van der Waals surface area contributed by atoms with E-state index in [9.17, 15) is 9.18 Å². The van der Waals surface area contributed by atoms with E-state index in [0.29, 0.717) is 39.2 Å². The summed E-state index contributed by atoms with van der Waals surface area (Å²) >= 11 is 1.27. The van der Waals surface area contributed by atoms with Gasteiger partial charge in [0.2, 0.25) is 0 Å². The number of nitrogens with zero attached hydrogens (tertiary/aromatic N) is 2. The SMILES string of the molecule is COc1cc2nccc(Oc3ccc4nc(NC(=O)c5ccccc5F)sc4c3)c2cc1OC. The van der Waals surface area contributed by atoms with Gasteiger partial charge in [-0.15, -0.1) is 0 Å². The first-order chi connectivity index (χ1) is 16.6. The maximum absolute atomic E-state index is 13.9. The molecule has 1 N–H and O–H groups in total. The van der Waals surface area contributed by atoms with Crippen LogP contribution in [0, 0.1) is 5.82 Å². The Labute approximate surface area is 197 Å². The summed E-state index contributed by atoms with van der Waals surface area (Å²) in [5, 5.41) is 3.79. The van der Waals surface area contributed by atoms with Gasteiger partial charge in [0.1, 0.15) is 17.3 Å². The molecule has 0 aliphatic rings. The first kappa shape index (κ1) is 21.6. The van der Waals surface area contributed by atoms with Crippen LogP contribution in [0.15, 0.2) is 66.9 Å². The summed E-state index contributed by atoms with van der Waals surface area (Å²) in [6.07, 6.45) is 1.66. The van der Waals surface area contributed by atoms with E-state index in [4.69, 9.17) is 14.2 Å². The number of halogens is 1. The average Bonchev–Trinajstić information content (AvgIpc) is 3.25. The number of anilines is 1. The Hall–Kier alpha value is -4.24. The lowest BCUT2D eigenvalue weighted by Crippen LogP contribution is -2.13. The van der Waals surface area contributed by atoms with Crippen molar-refractivity contribution in [2.45, 2.75) is 0 Å². The number of hydrogen-bond acceptors (Lipinski definition) is 7. The molecule has 0 aliphatic carbocycles. The number of rotatable bonds is 6. The number of carbonyl (C=O) groups excluding carboxylic acids is 1. The van der Waals surface area contributed by atoms with Gasteiger partial charge in [0.25, 0.3) is 5.91 Å². The normalized spacial score (nSPS) is 10.9. The molecule has 0 atom stereocenters. The number of aromatic nitrogens is 2. The highest BCUT2D eigenvalue weighted by molar-refractivity contribution is 7.22. The van der Waals surface area contributed by atoms with Crippen molar-refractivity contribution in [2.75, 3.05) is 19.5 Å². The van der Waals surface area contributed by atoms with Gasteiger partial charge in [-0.2, -0.15) is 0 Å². The number of ether oxygens (including phenoxy) is 3.